The molecule has 0 spiro atoms. The molecule has 1 heterocycles. The summed E-state index contributed by atoms with van der Waals surface area (Å²) in [4.78, 5) is 4.22. The summed E-state index contributed by atoms with van der Waals surface area (Å²) < 4.78 is 24.8. The van der Waals surface area contributed by atoms with Gasteiger partial charge in [-0.05, 0) is 45.4 Å². The average molecular weight is 335 g/mol. The van der Waals surface area contributed by atoms with Crippen molar-refractivity contribution in [3.05, 3.63) is 48.0 Å². The number of rotatable bonds is 6. The summed E-state index contributed by atoms with van der Waals surface area (Å²) in [6, 6.07) is 8.28. The molecule has 6 heteroatoms. The van der Waals surface area contributed by atoms with Crippen LogP contribution in [0.5, 0.6) is 0 Å². The van der Waals surface area contributed by atoms with Crippen molar-refractivity contribution in [1.82, 2.24) is 14.9 Å². The predicted molar refractivity (Wildman–Crippen MR) is 93.6 cm³/mol. The molecule has 1 aromatic carbocycles. The molecule has 126 valence electrons. The van der Waals surface area contributed by atoms with Crippen molar-refractivity contribution in [2.45, 2.75) is 38.5 Å². The Morgan fingerprint density at radius 2 is 1.87 bits per heavy atom. The lowest BCUT2D eigenvalue weighted by Gasteiger charge is -2.25. The molecular formula is C17H25N3O2S. The summed E-state index contributed by atoms with van der Waals surface area (Å²) in [6.45, 7) is 7.90. The first-order chi connectivity index (χ1) is 10.6. The summed E-state index contributed by atoms with van der Waals surface area (Å²) in [5.74, 6) is 0.943. The fourth-order valence-corrected chi connectivity index (χ4v) is 2.57. The van der Waals surface area contributed by atoms with E-state index in [1.807, 2.05) is 36.7 Å². The van der Waals surface area contributed by atoms with Gasteiger partial charge in [-0.3, -0.25) is 0 Å². The minimum Gasteiger partial charge on any atom is -0.309 e. The Morgan fingerprint density at radius 3 is 2.35 bits per heavy atom. The van der Waals surface area contributed by atoms with Crippen molar-refractivity contribution in [1.29, 1.82) is 0 Å². The molecule has 0 aliphatic heterocycles. The zero-order valence-corrected chi connectivity index (χ0v) is 15.2. The lowest BCUT2D eigenvalue weighted by atomic mass is 10.1. The van der Waals surface area contributed by atoms with E-state index in [0.29, 0.717) is 6.54 Å². The summed E-state index contributed by atoms with van der Waals surface area (Å²) in [6.07, 6.45) is 4.99. The third kappa shape index (κ3) is 4.00. The van der Waals surface area contributed by atoms with Crippen LogP contribution in [-0.4, -0.2) is 35.5 Å². The number of sulfone groups is 1. The van der Waals surface area contributed by atoms with Gasteiger partial charge in [-0.2, -0.15) is 0 Å². The maximum Gasteiger partial charge on any atom is 0.153 e. The Labute approximate surface area is 138 Å². The highest BCUT2D eigenvalue weighted by molar-refractivity contribution is 7.92. The predicted octanol–water partition coefficient (Wildman–Crippen LogP) is 2.65. The van der Waals surface area contributed by atoms with Crippen LogP contribution in [0.3, 0.4) is 0 Å². The smallest absolute Gasteiger partial charge is 0.153 e. The summed E-state index contributed by atoms with van der Waals surface area (Å²) in [7, 11) is -3.09. The Morgan fingerprint density at radius 1 is 1.26 bits per heavy atom. The van der Waals surface area contributed by atoms with Crippen LogP contribution in [0.1, 0.15) is 38.2 Å². The molecule has 0 aliphatic carbocycles. The SMILES string of the molecule is Cc1nccn1-c1ccc([C@H](C)NCC(C)(C)S(C)(=O)=O)cc1. The number of nitrogens with zero attached hydrogens (tertiary/aromatic N) is 2. The normalized spacial score (nSPS) is 14.0. The van der Waals surface area contributed by atoms with E-state index in [2.05, 4.69) is 22.4 Å². The molecule has 0 amide bonds. The van der Waals surface area contributed by atoms with Crippen molar-refractivity contribution in [2.24, 2.45) is 0 Å². The second-order valence-electron chi connectivity index (χ2n) is 6.57. The van der Waals surface area contributed by atoms with E-state index in [4.69, 9.17) is 0 Å². The minimum absolute atomic E-state index is 0.0777. The molecule has 2 rings (SSSR count). The lowest BCUT2D eigenvalue weighted by molar-refractivity contribution is 0.489. The van der Waals surface area contributed by atoms with Crippen molar-refractivity contribution in [3.8, 4) is 5.69 Å². The summed E-state index contributed by atoms with van der Waals surface area (Å²) in [5.41, 5.74) is 2.18. The van der Waals surface area contributed by atoms with E-state index >= 15 is 0 Å². The quantitative estimate of drug-likeness (QED) is 0.881. The van der Waals surface area contributed by atoms with Crippen LogP contribution in [-0.2, 0) is 9.84 Å². The third-order valence-electron chi connectivity index (χ3n) is 4.33. The van der Waals surface area contributed by atoms with Gasteiger partial charge >= 0.3 is 0 Å². The van der Waals surface area contributed by atoms with Gasteiger partial charge in [-0.15, -0.1) is 0 Å². The zero-order chi connectivity index (χ0) is 17.3. The maximum absolute atomic E-state index is 11.8. The number of hydrogen-bond donors (Lipinski definition) is 1. The van der Waals surface area contributed by atoms with Gasteiger partial charge in [0.25, 0.3) is 0 Å². The number of hydrogen-bond acceptors (Lipinski definition) is 4. The van der Waals surface area contributed by atoms with Gasteiger partial charge in [0.1, 0.15) is 5.82 Å². The fraction of sp³-hybridized carbons (Fsp3) is 0.471. The minimum atomic E-state index is -3.09. The first-order valence-corrected chi connectivity index (χ1v) is 9.54. The fourth-order valence-electron chi connectivity index (χ4n) is 2.22. The Balaban J connectivity index is 2.07. The van der Waals surface area contributed by atoms with Crippen LogP contribution in [0.25, 0.3) is 5.69 Å². The molecule has 1 aromatic heterocycles. The van der Waals surface area contributed by atoms with Gasteiger partial charge in [-0.25, -0.2) is 13.4 Å². The molecule has 0 aliphatic rings. The lowest BCUT2D eigenvalue weighted by Crippen LogP contribution is -2.42. The molecule has 0 radical (unpaired) electrons. The van der Waals surface area contributed by atoms with Gasteiger partial charge in [0.2, 0.25) is 0 Å². The topological polar surface area (TPSA) is 64.0 Å². The van der Waals surface area contributed by atoms with Gasteiger partial charge in [0.15, 0.2) is 9.84 Å². The first-order valence-electron chi connectivity index (χ1n) is 7.65. The Kier molecular flexibility index (Phi) is 4.96. The number of benzene rings is 1. The van der Waals surface area contributed by atoms with Crippen LogP contribution in [0.2, 0.25) is 0 Å². The third-order valence-corrected chi connectivity index (χ3v) is 6.49. The second kappa shape index (κ2) is 6.45. The van der Waals surface area contributed by atoms with Crippen molar-refractivity contribution >= 4 is 9.84 Å². The number of aryl methyl sites for hydroxylation is 1. The van der Waals surface area contributed by atoms with Gasteiger partial charge in [0, 0.05) is 36.9 Å². The van der Waals surface area contributed by atoms with E-state index in [9.17, 15) is 8.42 Å². The number of nitrogens with one attached hydrogen (secondary N) is 1. The molecule has 0 bridgehead atoms. The molecule has 0 unspecified atom stereocenters. The van der Waals surface area contributed by atoms with Crippen molar-refractivity contribution in [3.63, 3.8) is 0 Å². The van der Waals surface area contributed by atoms with Crippen LogP contribution in [0.4, 0.5) is 0 Å². The van der Waals surface area contributed by atoms with Crippen LogP contribution < -0.4 is 5.32 Å². The molecule has 0 saturated carbocycles. The van der Waals surface area contributed by atoms with Crippen LogP contribution >= 0.6 is 0 Å². The molecular weight excluding hydrogens is 310 g/mol. The second-order valence-corrected chi connectivity index (χ2v) is 9.22. The average Bonchev–Trinajstić information content (AvgIpc) is 2.90. The molecule has 2 aromatic rings. The van der Waals surface area contributed by atoms with Crippen LogP contribution in [0, 0.1) is 6.92 Å². The van der Waals surface area contributed by atoms with E-state index in [1.54, 1.807) is 20.0 Å². The Bertz CT molecular complexity index is 761. The highest BCUT2D eigenvalue weighted by Crippen LogP contribution is 2.19. The standard InChI is InChI=1S/C17H25N3O2S/c1-13(19-12-17(3,4)23(5,21)22)15-6-8-16(9-7-15)20-11-10-18-14(20)2/h6-11,13,19H,12H2,1-5H3/t13-/m0/s1. The monoisotopic (exact) mass is 335 g/mol. The highest BCUT2D eigenvalue weighted by atomic mass is 32.2. The first kappa shape index (κ1) is 17.7. The molecule has 5 nitrogen and oxygen atoms in total. The Hall–Kier alpha value is -1.66. The summed E-state index contributed by atoms with van der Waals surface area (Å²) in [5, 5.41) is 3.31. The van der Waals surface area contributed by atoms with Crippen LogP contribution in [0.15, 0.2) is 36.7 Å². The largest absolute Gasteiger partial charge is 0.309 e. The van der Waals surface area contributed by atoms with Gasteiger partial charge in [0.05, 0.1) is 4.75 Å². The highest BCUT2D eigenvalue weighted by Gasteiger charge is 2.30. The van der Waals surface area contributed by atoms with E-state index in [-0.39, 0.29) is 6.04 Å². The van der Waals surface area contributed by atoms with E-state index < -0.39 is 14.6 Å². The van der Waals surface area contributed by atoms with Crippen molar-refractivity contribution < 1.29 is 8.42 Å². The molecule has 0 saturated heterocycles. The number of aromatic nitrogens is 2. The molecule has 1 N–H and O–H groups in total. The summed E-state index contributed by atoms with van der Waals surface area (Å²) >= 11 is 0. The molecule has 1 atom stereocenters. The molecule has 23 heavy (non-hydrogen) atoms. The van der Waals surface area contributed by atoms with Gasteiger partial charge < -0.3 is 9.88 Å². The van der Waals surface area contributed by atoms with E-state index in [1.165, 1.54) is 6.26 Å². The van der Waals surface area contributed by atoms with E-state index in [0.717, 1.165) is 17.1 Å². The van der Waals surface area contributed by atoms with Gasteiger partial charge in [-0.1, -0.05) is 12.1 Å². The molecule has 0 fully saturated rings. The maximum atomic E-state index is 11.8. The number of imidazole rings is 1. The van der Waals surface area contributed by atoms with Crippen molar-refractivity contribution in [2.75, 3.05) is 12.8 Å². The zero-order valence-electron chi connectivity index (χ0n) is 14.4.